The highest BCUT2D eigenvalue weighted by Crippen LogP contribution is 2.31. The number of aliphatic imine (C=N–C) groups is 1. The van der Waals surface area contributed by atoms with Crippen molar-refractivity contribution in [2.24, 2.45) is 10.7 Å². The van der Waals surface area contributed by atoms with Crippen LogP contribution in [0, 0.1) is 6.92 Å². The van der Waals surface area contributed by atoms with Gasteiger partial charge in [-0.1, -0.05) is 36.9 Å². The lowest BCUT2D eigenvalue weighted by Gasteiger charge is -2.28. The van der Waals surface area contributed by atoms with Crippen LogP contribution in [0.1, 0.15) is 49.3 Å². The molecule has 0 bridgehead atoms. The van der Waals surface area contributed by atoms with Gasteiger partial charge in [0, 0.05) is 50.6 Å². The van der Waals surface area contributed by atoms with Gasteiger partial charge in [-0.3, -0.25) is 4.99 Å². The van der Waals surface area contributed by atoms with Gasteiger partial charge in [-0.2, -0.15) is 0 Å². The van der Waals surface area contributed by atoms with Gasteiger partial charge < -0.3 is 16.0 Å². The summed E-state index contributed by atoms with van der Waals surface area (Å²) in [5, 5.41) is 3.74. The molecule has 0 radical (unpaired) electrons. The number of nitrogens with two attached hydrogens (primary N) is 1. The van der Waals surface area contributed by atoms with Crippen molar-refractivity contribution >= 4 is 17.1 Å². The van der Waals surface area contributed by atoms with Crippen LogP contribution in [0.2, 0.25) is 0 Å². The first-order valence-corrected chi connectivity index (χ1v) is 12.1. The molecule has 1 saturated carbocycles. The largest absolute Gasteiger partial charge is 0.383 e. The van der Waals surface area contributed by atoms with E-state index in [9.17, 15) is 0 Å². The fourth-order valence-corrected chi connectivity index (χ4v) is 4.48. The second-order valence-electron chi connectivity index (χ2n) is 9.25. The summed E-state index contributed by atoms with van der Waals surface area (Å²) in [6.45, 7) is 8.14. The van der Waals surface area contributed by atoms with E-state index in [4.69, 9.17) is 10.7 Å². The molecule has 0 atom stereocenters. The van der Waals surface area contributed by atoms with Crippen molar-refractivity contribution in [3.63, 3.8) is 0 Å². The number of anilines is 1. The number of aromatic nitrogens is 1. The van der Waals surface area contributed by atoms with Crippen molar-refractivity contribution in [2.45, 2.75) is 51.6 Å². The Kier molecular flexibility index (Phi) is 8.83. The number of benzene rings is 1. The average molecular weight is 458 g/mol. The fraction of sp³-hybridized carbons (Fsp3) is 0.379. The molecule has 1 aromatic carbocycles. The van der Waals surface area contributed by atoms with Crippen molar-refractivity contribution in [3.05, 3.63) is 78.0 Å². The lowest BCUT2D eigenvalue weighted by molar-refractivity contribution is 0.410. The van der Waals surface area contributed by atoms with Crippen LogP contribution in [0.5, 0.6) is 0 Å². The third kappa shape index (κ3) is 6.23. The molecule has 0 aliphatic heterocycles. The summed E-state index contributed by atoms with van der Waals surface area (Å²) in [5.41, 5.74) is 13.5. The summed E-state index contributed by atoms with van der Waals surface area (Å²) in [6.07, 6.45) is 12.2. The van der Waals surface area contributed by atoms with Crippen LogP contribution in [0.15, 0.2) is 66.3 Å². The molecular formula is C29H39N5. The van der Waals surface area contributed by atoms with E-state index >= 15 is 0 Å². The molecule has 0 saturated heterocycles. The van der Waals surface area contributed by atoms with Crippen molar-refractivity contribution in [3.8, 4) is 11.3 Å². The standard InChI is InChI=1S/C29H39N5/c1-7-10-27(31-4)26-17-20(3)28(33-29(26)32-25-15-13-24(30)14-16-25)23-12-9-11-22(18-23)21(8-2)19-34(5)6/h7-12,17-19,24-25H,2,13-16,30H2,1,3-6H3,(H,32,33)/b10-7-,21-19+,31-27?. The van der Waals surface area contributed by atoms with Crippen LogP contribution >= 0.6 is 0 Å². The molecule has 2 aromatic rings. The average Bonchev–Trinajstić information content (AvgIpc) is 2.83. The summed E-state index contributed by atoms with van der Waals surface area (Å²) in [4.78, 5) is 11.8. The minimum atomic E-state index is 0.312. The van der Waals surface area contributed by atoms with Crippen molar-refractivity contribution < 1.29 is 0 Å². The van der Waals surface area contributed by atoms with Gasteiger partial charge in [0.1, 0.15) is 5.82 Å². The minimum Gasteiger partial charge on any atom is -0.383 e. The molecular weight excluding hydrogens is 418 g/mol. The number of hydrogen-bond donors (Lipinski definition) is 2. The molecule has 180 valence electrons. The van der Waals surface area contributed by atoms with Crippen LogP contribution in [0.3, 0.4) is 0 Å². The maximum absolute atomic E-state index is 6.14. The molecule has 1 fully saturated rings. The van der Waals surface area contributed by atoms with Gasteiger partial charge in [0.15, 0.2) is 0 Å². The van der Waals surface area contributed by atoms with E-state index < -0.39 is 0 Å². The van der Waals surface area contributed by atoms with Crippen LogP contribution in [0.4, 0.5) is 5.82 Å². The lowest BCUT2D eigenvalue weighted by atomic mass is 9.91. The number of pyridine rings is 1. The summed E-state index contributed by atoms with van der Waals surface area (Å²) in [5.74, 6) is 0.887. The molecule has 0 unspecified atom stereocenters. The molecule has 1 aliphatic rings. The van der Waals surface area contributed by atoms with E-state index in [0.29, 0.717) is 12.1 Å². The van der Waals surface area contributed by atoms with E-state index in [1.807, 2.05) is 51.2 Å². The Bertz CT molecular complexity index is 1090. The highest BCUT2D eigenvalue weighted by atomic mass is 15.0. The van der Waals surface area contributed by atoms with Crippen LogP contribution in [-0.2, 0) is 0 Å². The van der Waals surface area contributed by atoms with E-state index in [2.05, 4.69) is 60.3 Å². The maximum atomic E-state index is 6.14. The van der Waals surface area contributed by atoms with Gasteiger partial charge >= 0.3 is 0 Å². The maximum Gasteiger partial charge on any atom is 0.136 e. The number of allylic oxidation sites excluding steroid dienone is 4. The van der Waals surface area contributed by atoms with Crippen molar-refractivity contribution in [2.75, 3.05) is 26.5 Å². The molecule has 1 heterocycles. The van der Waals surface area contributed by atoms with Crippen molar-refractivity contribution in [1.82, 2.24) is 9.88 Å². The zero-order valence-corrected chi connectivity index (χ0v) is 21.3. The molecule has 0 spiro atoms. The van der Waals surface area contributed by atoms with Gasteiger partial charge in [-0.05, 0) is 74.4 Å². The molecule has 1 aromatic heterocycles. The highest BCUT2D eigenvalue weighted by Gasteiger charge is 2.21. The van der Waals surface area contributed by atoms with Gasteiger partial charge in [0.05, 0.1) is 11.4 Å². The number of hydrogen-bond acceptors (Lipinski definition) is 5. The lowest BCUT2D eigenvalue weighted by Crippen LogP contribution is -2.33. The zero-order valence-electron chi connectivity index (χ0n) is 21.3. The second kappa shape index (κ2) is 11.8. The van der Waals surface area contributed by atoms with Crippen LogP contribution < -0.4 is 11.1 Å². The third-order valence-electron chi connectivity index (χ3n) is 6.25. The summed E-state index contributed by atoms with van der Waals surface area (Å²) >= 11 is 0. The Balaban J connectivity index is 2.08. The Hall–Kier alpha value is -3.18. The topological polar surface area (TPSA) is 66.5 Å². The van der Waals surface area contributed by atoms with E-state index in [-0.39, 0.29) is 0 Å². The molecule has 5 nitrogen and oxygen atoms in total. The molecule has 1 aliphatic carbocycles. The minimum absolute atomic E-state index is 0.312. The highest BCUT2D eigenvalue weighted by molar-refractivity contribution is 6.12. The van der Waals surface area contributed by atoms with Gasteiger partial charge in [0.25, 0.3) is 0 Å². The molecule has 3 rings (SSSR count). The Morgan fingerprint density at radius 1 is 1.21 bits per heavy atom. The van der Waals surface area contributed by atoms with E-state index in [0.717, 1.165) is 70.7 Å². The van der Waals surface area contributed by atoms with Crippen LogP contribution in [-0.4, -0.2) is 48.8 Å². The molecule has 5 heteroatoms. The second-order valence-corrected chi connectivity index (χ2v) is 9.25. The molecule has 3 N–H and O–H groups in total. The van der Waals surface area contributed by atoms with Gasteiger partial charge in [-0.15, -0.1) is 0 Å². The normalized spacial score (nSPS) is 19.4. The molecule has 34 heavy (non-hydrogen) atoms. The van der Waals surface area contributed by atoms with Gasteiger partial charge in [0.2, 0.25) is 0 Å². The van der Waals surface area contributed by atoms with E-state index in [1.54, 1.807) is 0 Å². The Labute approximate surface area is 205 Å². The molecule has 0 amide bonds. The van der Waals surface area contributed by atoms with Crippen molar-refractivity contribution in [1.29, 1.82) is 0 Å². The monoisotopic (exact) mass is 457 g/mol. The number of nitrogens with one attached hydrogen (secondary N) is 1. The smallest absolute Gasteiger partial charge is 0.136 e. The zero-order chi connectivity index (χ0) is 24.7. The summed E-state index contributed by atoms with van der Waals surface area (Å²) in [7, 11) is 5.87. The first-order valence-electron chi connectivity index (χ1n) is 12.1. The number of nitrogens with zero attached hydrogens (tertiary/aromatic N) is 3. The quantitative estimate of drug-likeness (QED) is 0.387. The fourth-order valence-electron chi connectivity index (χ4n) is 4.48. The SMILES string of the molecule is C=C/C(=C\N(C)C)c1cccc(-c2nc(NC3CCC(N)CC3)c(C(/C=C\C)=NC)cc2C)c1. The Morgan fingerprint density at radius 3 is 2.56 bits per heavy atom. The first-order chi connectivity index (χ1) is 16.4. The predicted octanol–water partition coefficient (Wildman–Crippen LogP) is 5.82. The predicted molar refractivity (Wildman–Crippen MR) is 147 cm³/mol. The van der Waals surface area contributed by atoms with Gasteiger partial charge in [-0.25, -0.2) is 4.98 Å². The first kappa shape index (κ1) is 25.4. The Morgan fingerprint density at radius 2 is 1.94 bits per heavy atom. The van der Waals surface area contributed by atoms with E-state index in [1.165, 1.54) is 0 Å². The van der Waals surface area contributed by atoms with Crippen LogP contribution in [0.25, 0.3) is 16.8 Å². The number of rotatable bonds is 8. The third-order valence-corrected chi connectivity index (χ3v) is 6.25. The summed E-state index contributed by atoms with van der Waals surface area (Å²) < 4.78 is 0. The number of aryl methyl sites for hydroxylation is 1. The summed E-state index contributed by atoms with van der Waals surface area (Å²) in [6, 6.07) is 11.4.